The zero-order valence-electron chi connectivity index (χ0n) is 21.4. The number of nitrogens with zero attached hydrogens (tertiary/aromatic N) is 3. The third-order valence-corrected chi connectivity index (χ3v) is 7.09. The Morgan fingerprint density at radius 1 is 1.06 bits per heavy atom. The molecule has 0 bridgehead atoms. The quantitative estimate of drug-likeness (QED) is 0.556. The van der Waals surface area contributed by atoms with Gasteiger partial charge < -0.3 is 29.9 Å². The highest BCUT2D eigenvalue weighted by atomic mass is 16.5. The molecule has 0 aromatic heterocycles. The Kier molecular flexibility index (Phi) is 8.96. The molecular weight excluding hydrogens is 456 g/mol. The van der Waals surface area contributed by atoms with E-state index in [1.165, 1.54) is 11.1 Å². The highest BCUT2D eigenvalue weighted by molar-refractivity contribution is 6.03. The van der Waals surface area contributed by atoms with Crippen LogP contribution < -0.4 is 10.2 Å². The molecular formula is C28H38N4O4. The summed E-state index contributed by atoms with van der Waals surface area (Å²) in [6.45, 7) is 7.31. The van der Waals surface area contributed by atoms with Gasteiger partial charge in [0.15, 0.2) is 0 Å². The summed E-state index contributed by atoms with van der Waals surface area (Å²) in [6.07, 6.45) is 0.725. The highest BCUT2D eigenvalue weighted by Gasteiger charge is 2.29. The van der Waals surface area contributed by atoms with Gasteiger partial charge in [0, 0.05) is 51.4 Å². The average Bonchev–Trinajstić information content (AvgIpc) is 3.04. The fourth-order valence-electron chi connectivity index (χ4n) is 5.02. The fraction of sp³-hybridized carbons (Fsp3) is 0.500. The zero-order valence-corrected chi connectivity index (χ0v) is 21.4. The third kappa shape index (κ3) is 6.06. The van der Waals surface area contributed by atoms with Crippen molar-refractivity contribution >= 4 is 17.5 Å². The average molecular weight is 495 g/mol. The van der Waals surface area contributed by atoms with Crippen molar-refractivity contribution < 1.29 is 19.4 Å². The Morgan fingerprint density at radius 3 is 2.50 bits per heavy atom. The van der Waals surface area contributed by atoms with Crippen LogP contribution in [0.15, 0.2) is 42.5 Å². The Labute approximate surface area is 213 Å². The Morgan fingerprint density at radius 2 is 1.78 bits per heavy atom. The van der Waals surface area contributed by atoms with E-state index < -0.39 is 6.10 Å². The van der Waals surface area contributed by atoms with E-state index in [0.717, 1.165) is 25.2 Å². The summed E-state index contributed by atoms with van der Waals surface area (Å²) < 4.78 is 5.37. The molecule has 2 aromatic carbocycles. The SMILES string of the molecule is CCN1CCN(C[C@@H](O)CCc2ccccc2CNC)C(=O)c2ccc(C(=O)N3CCOCC3)cc21. The molecule has 2 N–H and O–H groups in total. The van der Waals surface area contributed by atoms with E-state index >= 15 is 0 Å². The molecule has 36 heavy (non-hydrogen) atoms. The summed E-state index contributed by atoms with van der Waals surface area (Å²) >= 11 is 0. The maximum Gasteiger partial charge on any atom is 0.256 e. The van der Waals surface area contributed by atoms with Crippen molar-refractivity contribution in [3.8, 4) is 0 Å². The lowest BCUT2D eigenvalue weighted by molar-refractivity contribution is 0.0303. The van der Waals surface area contributed by atoms with E-state index in [-0.39, 0.29) is 11.8 Å². The number of β-amino-alcohol motifs (C(OH)–C–C–N with tert-alkyl or cyclic N) is 1. The second-order valence-electron chi connectivity index (χ2n) is 9.46. The number of anilines is 1. The van der Waals surface area contributed by atoms with E-state index in [1.807, 2.05) is 25.2 Å². The first-order chi connectivity index (χ1) is 17.5. The van der Waals surface area contributed by atoms with Crippen molar-refractivity contribution in [1.29, 1.82) is 0 Å². The molecule has 1 fully saturated rings. The number of rotatable bonds is 9. The van der Waals surface area contributed by atoms with E-state index in [4.69, 9.17) is 4.74 Å². The van der Waals surface area contributed by atoms with Crippen molar-refractivity contribution in [3.63, 3.8) is 0 Å². The zero-order chi connectivity index (χ0) is 25.5. The summed E-state index contributed by atoms with van der Waals surface area (Å²) in [6, 6.07) is 13.6. The molecule has 194 valence electrons. The second-order valence-corrected chi connectivity index (χ2v) is 9.46. The van der Waals surface area contributed by atoms with Gasteiger partial charge in [-0.25, -0.2) is 0 Å². The van der Waals surface area contributed by atoms with E-state index in [0.29, 0.717) is 63.5 Å². The number of morpholine rings is 1. The lowest BCUT2D eigenvalue weighted by Gasteiger charge is -2.28. The van der Waals surface area contributed by atoms with Gasteiger partial charge in [0.2, 0.25) is 0 Å². The number of carbonyl (C=O) groups is 2. The molecule has 4 rings (SSSR count). The van der Waals surface area contributed by atoms with Gasteiger partial charge in [0.25, 0.3) is 11.8 Å². The number of amides is 2. The molecule has 2 amide bonds. The molecule has 1 atom stereocenters. The molecule has 8 nitrogen and oxygen atoms in total. The topological polar surface area (TPSA) is 85.3 Å². The van der Waals surface area contributed by atoms with E-state index in [9.17, 15) is 14.7 Å². The molecule has 1 saturated heterocycles. The highest BCUT2D eigenvalue weighted by Crippen LogP contribution is 2.28. The number of nitrogens with one attached hydrogen (secondary N) is 1. The normalized spacial score (nSPS) is 17.1. The van der Waals surface area contributed by atoms with Crippen molar-refractivity contribution in [2.45, 2.75) is 32.4 Å². The van der Waals surface area contributed by atoms with Gasteiger partial charge in [-0.05, 0) is 56.1 Å². The van der Waals surface area contributed by atoms with Crippen LogP contribution in [-0.2, 0) is 17.7 Å². The Balaban J connectivity index is 1.45. The molecule has 0 aliphatic carbocycles. The Bertz CT molecular complexity index is 1050. The fourth-order valence-corrected chi connectivity index (χ4v) is 5.02. The number of aliphatic hydroxyl groups excluding tert-OH is 1. The van der Waals surface area contributed by atoms with Crippen molar-refractivity contribution in [2.24, 2.45) is 0 Å². The summed E-state index contributed by atoms with van der Waals surface area (Å²) in [5.41, 5.74) is 4.41. The van der Waals surface area contributed by atoms with Gasteiger partial charge in [-0.15, -0.1) is 0 Å². The number of aryl methyl sites for hydroxylation is 1. The number of aliphatic hydroxyl groups is 1. The Hall–Kier alpha value is -2.94. The second kappa shape index (κ2) is 12.3. The summed E-state index contributed by atoms with van der Waals surface area (Å²) in [5.74, 6) is -0.124. The van der Waals surface area contributed by atoms with Gasteiger partial charge in [-0.3, -0.25) is 9.59 Å². The minimum atomic E-state index is -0.615. The van der Waals surface area contributed by atoms with Crippen molar-refractivity contribution in [1.82, 2.24) is 15.1 Å². The number of hydrogen-bond donors (Lipinski definition) is 2. The molecule has 0 saturated carbocycles. The first kappa shape index (κ1) is 26.1. The van der Waals surface area contributed by atoms with Gasteiger partial charge in [0.05, 0.1) is 30.6 Å². The van der Waals surface area contributed by atoms with Crippen LogP contribution in [0.4, 0.5) is 5.69 Å². The molecule has 2 aliphatic heterocycles. The van der Waals surface area contributed by atoms with Gasteiger partial charge in [-0.1, -0.05) is 24.3 Å². The molecule has 2 aliphatic rings. The molecule has 2 aromatic rings. The predicted molar refractivity (Wildman–Crippen MR) is 140 cm³/mol. The first-order valence-corrected chi connectivity index (χ1v) is 13.0. The minimum absolute atomic E-state index is 0.0281. The summed E-state index contributed by atoms with van der Waals surface area (Å²) in [4.78, 5) is 32.2. The van der Waals surface area contributed by atoms with Gasteiger partial charge in [0.1, 0.15) is 0 Å². The number of fused-ring (bicyclic) bond motifs is 1. The predicted octanol–water partition coefficient (Wildman–Crippen LogP) is 2.15. The molecule has 2 heterocycles. The standard InChI is InChI=1S/C28H38N4O4/c1-3-30-12-13-32(20-24(33)10-8-21-6-4-5-7-23(21)19-29-2)28(35)25-11-9-22(18-26(25)30)27(34)31-14-16-36-17-15-31/h4-7,9,11,18,24,29,33H,3,8,10,12-17,19-20H2,1-2H3/t24-/m0/s1. The van der Waals surface area contributed by atoms with Gasteiger partial charge >= 0.3 is 0 Å². The number of hydrogen-bond acceptors (Lipinski definition) is 6. The molecule has 0 radical (unpaired) electrons. The van der Waals surface area contributed by atoms with E-state index in [1.54, 1.807) is 21.9 Å². The smallest absolute Gasteiger partial charge is 0.256 e. The largest absolute Gasteiger partial charge is 0.391 e. The number of benzene rings is 2. The first-order valence-electron chi connectivity index (χ1n) is 13.0. The van der Waals surface area contributed by atoms with E-state index in [2.05, 4.69) is 29.3 Å². The number of likely N-dealkylation sites (N-methyl/N-ethyl adjacent to an activating group) is 1. The lowest BCUT2D eigenvalue weighted by Crippen LogP contribution is -2.40. The van der Waals surface area contributed by atoms with Crippen LogP contribution in [0.1, 0.15) is 45.2 Å². The van der Waals surface area contributed by atoms with Crippen molar-refractivity contribution in [3.05, 3.63) is 64.7 Å². The monoisotopic (exact) mass is 494 g/mol. The van der Waals surface area contributed by atoms with Gasteiger partial charge in [-0.2, -0.15) is 0 Å². The maximum absolute atomic E-state index is 13.5. The van der Waals surface area contributed by atoms with Crippen LogP contribution in [-0.4, -0.2) is 92.4 Å². The number of carbonyl (C=O) groups excluding carboxylic acids is 2. The van der Waals surface area contributed by atoms with Crippen molar-refractivity contribution in [2.75, 3.05) is 64.4 Å². The summed E-state index contributed by atoms with van der Waals surface area (Å²) in [7, 11) is 1.93. The number of ether oxygens (including phenoxy) is 1. The minimum Gasteiger partial charge on any atom is -0.391 e. The third-order valence-electron chi connectivity index (χ3n) is 7.09. The van der Waals surface area contributed by atoms with Crippen LogP contribution >= 0.6 is 0 Å². The van der Waals surface area contributed by atoms with Crippen LogP contribution in [0, 0.1) is 0 Å². The maximum atomic E-state index is 13.5. The summed E-state index contributed by atoms with van der Waals surface area (Å²) in [5, 5.41) is 14.0. The lowest BCUT2D eigenvalue weighted by atomic mass is 10.0. The van der Waals surface area contributed by atoms with Crippen LogP contribution in [0.3, 0.4) is 0 Å². The van der Waals surface area contributed by atoms with Crippen LogP contribution in [0.5, 0.6) is 0 Å². The molecule has 8 heteroatoms. The molecule has 0 spiro atoms. The van der Waals surface area contributed by atoms with Crippen LogP contribution in [0.25, 0.3) is 0 Å². The van der Waals surface area contributed by atoms with Crippen LogP contribution in [0.2, 0.25) is 0 Å². The molecule has 0 unspecified atom stereocenters.